The number of hydrogen-bond donors (Lipinski definition) is 2. The summed E-state index contributed by atoms with van der Waals surface area (Å²) in [7, 11) is 0. The first-order valence-electron chi connectivity index (χ1n) is 5.91. The molecule has 98 valence electrons. The Balaban J connectivity index is 2.22. The van der Waals surface area contributed by atoms with E-state index in [0.29, 0.717) is 5.95 Å². The molecule has 5 nitrogen and oxygen atoms in total. The third kappa shape index (κ3) is 3.28. The molecular weight excluding hydrogens is 242 g/mol. The van der Waals surface area contributed by atoms with Crippen LogP contribution in [0.5, 0.6) is 0 Å². The zero-order valence-electron chi connectivity index (χ0n) is 10.8. The van der Waals surface area contributed by atoms with E-state index in [2.05, 4.69) is 33.5 Å². The van der Waals surface area contributed by atoms with Crippen LogP contribution in [0.3, 0.4) is 0 Å². The minimum atomic E-state index is -0.942. The standard InChI is InChI=1S/C14H15N3O2/c1-9-3-4-10(2)12(5-9)11-6-15-14(16-7-11)17-8-13(18)19/h3-7H,8H2,1-2H3,(H,18,19)(H,15,16,17). The van der Waals surface area contributed by atoms with Crippen molar-refractivity contribution in [3.63, 3.8) is 0 Å². The number of anilines is 1. The van der Waals surface area contributed by atoms with Gasteiger partial charge in [-0.05, 0) is 25.0 Å². The van der Waals surface area contributed by atoms with E-state index in [4.69, 9.17) is 5.11 Å². The lowest BCUT2D eigenvalue weighted by molar-refractivity contribution is -0.134. The van der Waals surface area contributed by atoms with Crippen LogP contribution in [0.2, 0.25) is 0 Å². The fourth-order valence-electron chi connectivity index (χ4n) is 1.76. The smallest absolute Gasteiger partial charge is 0.322 e. The minimum Gasteiger partial charge on any atom is -0.480 e. The van der Waals surface area contributed by atoms with Gasteiger partial charge in [0.15, 0.2) is 0 Å². The molecule has 0 saturated heterocycles. The fourth-order valence-corrected chi connectivity index (χ4v) is 1.76. The summed E-state index contributed by atoms with van der Waals surface area (Å²) < 4.78 is 0. The van der Waals surface area contributed by atoms with E-state index in [1.165, 1.54) is 5.56 Å². The first-order chi connectivity index (χ1) is 9.06. The average molecular weight is 257 g/mol. The van der Waals surface area contributed by atoms with E-state index >= 15 is 0 Å². The van der Waals surface area contributed by atoms with Crippen LogP contribution in [-0.4, -0.2) is 27.6 Å². The van der Waals surface area contributed by atoms with Gasteiger partial charge < -0.3 is 10.4 Å². The van der Waals surface area contributed by atoms with E-state index in [1.807, 2.05) is 13.8 Å². The fraction of sp³-hybridized carbons (Fsp3) is 0.214. The molecule has 1 aromatic heterocycles. The third-order valence-corrected chi connectivity index (χ3v) is 2.75. The maximum absolute atomic E-state index is 10.4. The van der Waals surface area contributed by atoms with Gasteiger partial charge in [-0.1, -0.05) is 23.8 Å². The zero-order chi connectivity index (χ0) is 13.8. The number of nitrogens with one attached hydrogen (secondary N) is 1. The van der Waals surface area contributed by atoms with Crippen LogP contribution in [0, 0.1) is 13.8 Å². The predicted octanol–water partition coefficient (Wildman–Crippen LogP) is 2.26. The first kappa shape index (κ1) is 13.0. The number of aryl methyl sites for hydroxylation is 2. The van der Waals surface area contributed by atoms with Gasteiger partial charge in [-0.3, -0.25) is 4.79 Å². The van der Waals surface area contributed by atoms with Crippen molar-refractivity contribution in [2.75, 3.05) is 11.9 Å². The lowest BCUT2D eigenvalue weighted by atomic mass is 10.0. The summed E-state index contributed by atoms with van der Waals surface area (Å²) >= 11 is 0. The molecule has 1 aromatic carbocycles. The van der Waals surface area contributed by atoms with Crippen LogP contribution < -0.4 is 5.32 Å². The van der Waals surface area contributed by atoms with Crippen molar-refractivity contribution in [1.82, 2.24) is 9.97 Å². The van der Waals surface area contributed by atoms with Crippen molar-refractivity contribution in [2.45, 2.75) is 13.8 Å². The number of hydrogen-bond acceptors (Lipinski definition) is 4. The number of rotatable bonds is 4. The summed E-state index contributed by atoms with van der Waals surface area (Å²) in [5.41, 5.74) is 4.33. The molecule has 0 amide bonds. The van der Waals surface area contributed by atoms with Crippen LogP contribution >= 0.6 is 0 Å². The second kappa shape index (κ2) is 5.48. The Kier molecular flexibility index (Phi) is 3.75. The Morgan fingerprint density at radius 1 is 1.26 bits per heavy atom. The van der Waals surface area contributed by atoms with Gasteiger partial charge in [0.1, 0.15) is 6.54 Å². The van der Waals surface area contributed by atoms with Crippen molar-refractivity contribution < 1.29 is 9.90 Å². The van der Waals surface area contributed by atoms with Gasteiger partial charge in [0, 0.05) is 18.0 Å². The highest BCUT2D eigenvalue weighted by Gasteiger charge is 2.05. The number of carboxylic acids is 1. The molecule has 0 unspecified atom stereocenters. The molecular formula is C14H15N3O2. The number of aromatic nitrogens is 2. The molecule has 0 saturated carbocycles. The van der Waals surface area contributed by atoms with Crippen molar-refractivity contribution in [2.24, 2.45) is 0 Å². The molecule has 0 fully saturated rings. The Labute approximate surface area is 111 Å². The van der Waals surface area contributed by atoms with Crippen LogP contribution in [0.4, 0.5) is 5.95 Å². The SMILES string of the molecule is Cc1ccc(C)c(-c2cnc(NCC(=O)O)nc2)c1. The van der Waals surface area contributed by atoms with Crippen LogP contribution in [0.1, 0.15) is 11.1 Å². The average Bonchev–Trinajstić information content (AvgIpc) is 2.40. The van der Waals surface area contributed by atoms with Crippen molar-refractivity contribution in [3.8, 4) is 11.1 Å². The number of carboxylic acid groups (broad SMARTS) is 1. The van der Waals surface area contributed by atoms with E-state index < -0.39 is 5.97 Å². The zero-order valence-corrected chi connectivity index (χ0v) is 10.8. The molecule has 0 bridgehead atoms. The van der Waals surface area contributed by atoms with Crippen LogP contribution in [-0.2, 0) is 4.79 Å². The molecule has 2 aromatic rings. The third-order valence-electron chi connectivity index (χ3n) is 2.75. The van der Waals surface area contributed by atoms with E-state index in [1.54, 1.807) is 12.4 Å². The highest BCUT2D eigenvalue weighted by Crippen LogP contribution is 2.23. The molecule has 0 spiro atoms. The van der Waals surface area contributed by atoms with E-state index in [9.17, 15) is 4.79 Å². The van der Waals surface area contributed by atoms with Crippen molar-refractivity contribution in [3.05, 3.63) is 41.7 Å². The first-order valence-corrected chi connectivity index (χ1v) is 5.91. The van der Waals surface area contributed by atoms with E-state index in [0.717, 1.165) is 16.7 Å². The Hall–Kier alpha value is -2.43. The maximum Gasteiger partial charge on any atom is 0.322 e. The summed E-state index contributed by atoms with van der Waals surface area (Å²) in [6.45, 7) is 3.88. The van der Waals surface area contributed by atoms with Gasteiger partial charge in [0.25, 0.3) is 0 Å². The maximum atomic E-state index is 10.4. The van der Waals surface area contributed by atoms with Gasteiger partial charge >= 0.3 is 5.97 Å². The molecule has 0 aliphatic carbocycles. The Bertz CT molecular complexity index is 594. The quantitative estimate of drug-likeness (QED) is 0.878. The molecule has 0 atom stereocenters. The molecule has 1 heterocycles. The van der Waals surface area contributed by atoms with Gasteiger partial charge in [0.05, 0.1) is 0 Å². The molecule has 2 N–H and O–H groups in total. The molecule has 19 heavy (non-hydrogen) atoms. The second-order valence-corrected chi connectivity index (χ2v) is 4.36. The van der Waals surface area contributed by atoms with Crippen molar-refractivity contribution in [1.29, 1.82) is 0 Å². The minimum absolute atomic E-state index is 0.192. The van der Waals surface area contributed by atoms with E-state index in [-0.39, 0.29) is 6.54 Å². The number of carbonyl (C=O) groups is 1. The Morgan fingerprint density at radius 2 is 1.95 bits per heavy atom. The number of aliphatic carboxylic acids is 1. The molecule has 0 radical (unpaired) electrons. The lowest BCUT2D eigenvalue weighted by Gasteiger charge is -2.07. The van der Waals surface area contributed by atoms with Crippen LogP contribution in [0.25, 0.3) is 11.1 Å². The van der Waals surface area contributed by atoms with Crippen molar-refractivity contribution >= 4 is 11.9 Å². The monoisotopic (exact) mass is 257 g/mol. The highest BCUT2D eigenvalue weighted by molar-refractivity contribution is 5.72. The van der Waals surface area contributed by atoms with Gasteiger partial charge in [-0.15, -0.1) is 0 Å². The molecule has 5 heteroatoms. The number of benzene rings is 1. The number of nitrogens with zero attached hydrogens (tertiary/aromatic N) is 2. The highest BCUT2D eigenvalue weighted by atomic mass is 16.4. The predicted molar refractivity (Wildman–Crippen MR) is 73.1 cm³/mol. The van der Waals surface area contributed by atoms with Gasteiger partial charge in [0.2, 0.25) is 5.95 Å². The molecule has 0 aliphatic rings. The molecule has 2 rings (SSSR count). The molecule has 0 aliphatic heterocycles. The summed E-state index contributed by atoms with van der Waals surface area (Å²) in [4.78, 5) is 18.6. The van der Waals surface area contributed by atoms with Gasteiger partial charge in [-0.2, -0.15) is 0 Å². The largest absolute Gasteiger partial charge is 0.480 e. The van der Waals surface area contributed by atoms with Crippen LogP contribution in [0.15, 0.2) is 30.6 Å². The second-order valence-electron chi connectivity index (χ2n) is 4.36. The van der Waals surface area contributed by atoms with Gasteiger partial charge in [-0.25, -0.2) is 9.97 Å². The topological polar surface area (TPSA) is 75.1 Å². The summed E-state index contributed by atoms with van der Waals surface area (Å²) in [6, 6.07) is 6.20. The summed E-state index contributed by atoms with van der Waals surface area (Å²) in [5, 5.41) is 11.2. The Morgan fingerprint density at radius 3 is 2.58 bits per heavy atom. The lowest BCUT2D eigenvalue weighted by Crippen LogP contribution is -2.14. The summed E-state index contributed by atoms with van der Waals surface area (Å²) in [5.74, 6) is -0.626. The normalized spacial score (nSPS) is 10.2. The summed E-state index contributed by atoms with van der Waals surface area (Å²) in [6.07, 6.45) is 3.39.